The highest BCUT2D eigenvalue weighted by atomic mass is 79.9. The number of sulfonamides is 1. The molecule has 8 heteroatoms. The third-order valence-corrected chi connectivity index (χ3v) is 6.42. The van der Waals surface area contributed by atoms with Crippen LogP contribution in [0.3, 0.4) is 0 Å². The van der Waals surface area contributed by atoms with E-state index in [-0.39, 0.29) is 11.5 Å². The van der Waals surface area contributed by atoms with E-state index >= 15 is 0 Å². The maximum absolute atomic E-state index is 12.6. The summed E-state index contributed by atoms with van der Waals surface area (Å²) in [7, 11) is -3.57. The summed E-state index contributed by atoms with van der Waals surface area (Å²) in [6, 6.07) is 13.3. The van der Waals surface area contributed by atoms with Crippen LogP contribution in [0.4, 0.5) is 0 Å². The van der Waals surface area contributed by atoms with Crippen molar-refractivity contribution >= 4 is 31.9 Å². The van der Waals surface area contributed by atoms with Crippen molar-refractivity contribution in [1.82, 2.24) is 4.31 Å². The maximum atomic E-state index is 12.6. The summed E-state index contributed by atoms with van der Waals surface area (Å²) >= 11 is 3.35. The fraction of sp³-hybridized carbons (Fsp3) is 0.278. The Bertz CT molecular complexity index is 859. The van der Waals surface area contributed by atoms with Crippen molar-refractivity contribution in [3.63, 3.8) is 0 Å². The van der Waals surface area contributed by atoms with E-state index in [0.717, 1.165) is 10.0 Å². The largest absolute Gasteiger partial charge is 0.457 e. The number of carbonyl (C=O) groups is 1. The Morgan fingerprint density at radius 2 is 1.65 bits per heavy atom. The molecule has 0 unspecified atom stereocenters. The third-order valence-electron chi connectivity index (χ3n) is 3.98. The molecule has 0 atom stereocenters. The van der Waals surface area contributed by atoms with Gasteiger partial charge in [-0.1, -0.05) is 28.1 Å². The minimum Gasteiger partial charge on any atom is -0.457 e. The normalized spacial score (nSPS) is 15.6. The average Bonchev–Trinajstić information content (AvgIpc) is 2.68. The van der Waals surface area contributed by atoms with E-state index in [4.69, 9.17) is 9.47 Å². The Hall–Kier alpha value is -1.74. The molecule has 26 heavy (non-hydrogen) atoms. The van der Waals surface area contributed by atoms with Crippen molar-refractivity contribution in [2.75, 3.05) is 26.3 Å². The molecular formula is C18H18BrNO5S. The SMILES string of the molecule is O=C(OCc1ccc(Br)cc1)c1ccc(S(=O)(=O)N2CCOCC2)cc1. The summed E-state index contributed by atoms with van der Waals surface area (Å²) in [5, 5.41) is 0. The zero-order chi connectivity index (χ0) is 18.6. The molecule has 2 aromatic carbocycles. The van der Waals surface area contributed by atoms with E-state index < -0.39 is 16.0 Å². The molecule has 1 saturated heterocycles. The van der Waals surface area contributed by atoms with Gasteiger partial charge in [-0.3, -0.25) is 0 Å². The molecule has 0 saturated carbocycles. The second-order valence-corrected chi connectivity index (χ2v) is 8.60. The predicted molar refractivity (Wildman–Crippen MR) is 99.3 cm³/mol. The molecule has 0 aromatic heterocycles. The van der Waals surface area contributed by atoms with Gasteiger partial charge in [-0.15, -0.1) is 0 Å². The highest BCUT2D eigenvalue weighted by Gasteiger charge is 2.26. The number of hydrogen-bond donors (Lipinski definition) is 0. The third kappa shape index (κ3) is 4.50. The van der Waals surface area contributed by atoms with Crippen LogP contribution in [-0.2, 0) is 26.1 Å². The molecule has 138 valence electrons. The van der Waals surface area contributed by atoms with E-state index in [1.165, 1.54) is 28.6 Å². The molecule has 0 bridgehead atoms. The van der Waals surface area contributed by atoms with Gasteiger partial charge in [-0.25, -0.2) is 13.2 Å². The van der Waals surface area contributed by atoms with E-state index in [1.54, 1.807) is 0 Å². The predicted octanol–water partition coefficient (Wildman–Crippen LogP) is 2.83. The molecule has 6 nitrogen and oxygen atoms in total. The first-order valence-electron chi connectivity index (χ1n) is 8.06. The molecule has 1 aliphatic rings. The highest BCUT2D eigenvalue weighted by Crippen LogP contribution is 2.18. The van der Waals surface area contributed by atoms with Crippen molar-refractivity contribution in [3.05, 3.63) is 64.1 Å². The summed E-state index contributed by atoms with van der Waals surface area (Å²) in [4.78, 5) is 12.3. The molecule has 0 N–H and O–H groups in total. The summed E-state index contributed by atoms with van der Waals surface area (Å²) in [6.07, 6.45) is 0. The Morgan fingerprint density at radius 3 is 2.27 bits per heavy atom. The number of ether oxygens (including phenoxy) is 2. The lowest BCUT2D eigenvalue weighted by Crippen LogP contribution is -2.40. The van der Waals surface area contributed by atoms with E-state index in [2.05, 4.69) is 15.9 Å². The van der Waals surface area contributed by atoms with Gasteiger partial charge in [-0.05, 0) is 42.0 Å². The first kappa shape index (κ1) is 19.0. The topological polar surface area (TPSA) is 72.9 Å². The molecule has 1 heterocycles. The summed E-state index contributed by atoms with van der Waals surface area (Å²) < 4.78 is 37.9. The van der Waals surface area contributed by atoms with Crippen LogP contribution < -0.4 is 0 Å². The van der Waals surface area contributed by atoms with Gasteiger partial charge in [0.25, 0.3) is 0 Å². The second kappa shape index (κ2) is 8.30. The molecule has 0 amide bonds. The maximum Gasteiger partial charge on any atom is 0.338 e. The van der Waals surface area contributed by atoms with Gasteiger partial charge < -0.3 is 9.47 Å². The fourth-order valence-corrected chi connectivity index (χ4v) is 4.18. The van der Waals surface area contributed by atoms with Gasteiger partial charge in [0.1, 0.15) is 6.61 Å². The van der Waals surface area contributed by atoms with E-state index in [9.17, 15) is 13.2 Å². The number of morpholine rings is 1. The first-order chi connectivity index (χ1) is 12.5. The van der Waals surface area contributed by atoms with Crippen LogP contribution in [0, 0.1) is 0 Å². The van der Waals surface area contributed by atoms with Crippen LogP contribution in [0.2, 0.25) is 0 Å². The smallest absolute Gasteiger partial charge is 0.338 e. The van der Waals surface area contributed by atoms with Crippen LogP contribution in [0.25, 0.3) is 0 Å². The Kier molecular flexibility index (Phi) is 6.08. The van der Waals surface area contributed by atoms with Gasteiger partial charge in [0.15, 0.2) is 0 Å². The number of benzene rings is 2. The Labute approximate surface area is 160 Å². The van der Waals surface area contributed by atoms with Gasteiger partial charge in [-0.2, -0.15) is 4.31 Å². The van der Waals surface area contributed by atoms with E-state index in [1.807, 2.05) is 24.3 Å². The van der Waals surface area contributed by atoms with E-state index in [0.29, 0.717) is 31.9 Å². The number of nitrogens with zero attached hydrogens (tertiary/aromatic N) is 1. The van der Waals surface area contributed by atoms with Crippen LogP contribution in [-0.4, -0.2) is 45.0 Å². The molecule has 0 aliphatic carbocycles. The number of rotatable bonds is 5. The van der Waals surface area contributed by atoms with Crippen molar-refractivity contribution in [2.45, 2.75) is 11.5 Å². The second-order valence-electron chi connectivity index (χ2n) is 5.74. The van der Waals surface area contributed by atoms with Crippen molar-refractivity contribution < 1.29 is 22.7 Å². The lowest BCUT2D eigenvalue weighted by molar-refractivity contribution is 0.0472. The summed E-state index contributed by atoms with van der Waals surface area (Å²) in [6.45, 7) is 1.60. The minimum atomic E-state index is -3.57. The molecule has 0 radical (unpaired) electrons. The number of carbonyl (C=O) groups excluding carboxylic acids is 1. The summed E-state index contributed by atoms with van der Waals surface area (Å²) in [5.74, 6) is -0.497. The minimum absolute atomic E-state index is 0.153. The van der Waals surface area contributed by atoms with Crippen LogP contribution in [0.5, 0.6) is 0 Å². The van der Waals surface area contributed by atoms with Gasteiger partial charge >= 0.3 is 5.97 Å². The molecular weight excluding hydrogens is 422 g/mol. The van der Waals surface area contributed by atoms with Gasteiger partial charge in [0.05, 0.1) is 23.7 Å². The standard InChI is InChI=1S/C18H18BrNO5S/c19-16-5-1-14(2-6-16)13-25-18(21)15-3-7-17(8-4-15)26(22,23)20-9-11-24-12-10-20/h1-8H,9-13H2. The molecule has 0 spiro atoms. The molecule has 2 aromatic rings. The lowest BCUT2D eigenvalue weighted by atomic mass is 10.2. The zero-order valence-corrected chi connectivity index (χ0v) is 16.3. The highest BCUT2D eigenvalue weighted by molar-refractivity contribution is 9.10. The monoisotopic (exact) mass is 439 g/mol. The Balaban J connectivity index is 1.64. The number of esters is 1. The summed E-state index contributed by atoms with van der Waals surface area (Å²) in [5.41, 5.74) is 1.18. The number of halogens is 1. The first-order valence-corrected chi connectivity index (χ1v) is 10.3. The fourth-order valence-electron chi connectivity index (χ4n) is 2.51. The quantitative estimate of drug-likeness (QED) is 0.669. The van der Waals surface area contributed by atoms with Gasteiger partial charge in [0.2, 0.25) is 10.0 Å². The van der Waals surface area contributed by atoms with Crippen molar-refractivity contribution in [3.8, 4) is 0 Å². The van der Waals surface area contributed by atoms with Crippen LogP contribution >= 0.6 is 15.9 Å². The average molecular weight is 440 g/mol. The van der Waals surface area contributed by atoms with Crippen LogP contribution in [0.1, 0.15) is 15.9 Å². The lowest BCUT2D eigenvalue weighted by Gasteiger charge is -2.26. The Morgan fingerprint density at radius 1 is 1.04 bits per heavy atom. The van der Waals surface area contributed by atoms with Crippen LogP contribution in [0.15, 0.2) is 57.9 Å². The van der Waals surface area contributed by atoms with Gasteiger partial charge in [0, 0.05) is 17.6 Å². The molecule has 3 rings (SSSR count). The molecule has 1 aliphatic heterocycles. The van der Waals surface area contributed by atoms with Crippen molar-refractivity contribution in [2.24, 2.45) is 0 Å². The van der Waals surface area contributed by atoms with Crippen molar-refractivity contribution in [1.29, 1.82) is 0 Å². The molecule has 1 fully saturated rings. The zero-order valence-electron chi connectivity index (χ0n) is 13.9. The number of hydrogen-bond acceptors (Lipinski definition) is 5.